The predicted molar refractivity (Wildman–Crippen MR) is 57.0 cm³/mol. The van der Waals surface area contributed by atoms with Gasteiger partial charge in [0.25, 0.3) is 0 Å². The van der Waals surface area contributed by atoms with Crippen molar-refractivity contribution in [3.8, 4) is 0 Å². The third-order valence-electron chi connectivity index (χ3n) is 1.83. The van der Waals surface area contributed by atoms with E-state index in [2.05, 4.69) is 20.6 Å². The quantitative estimate of drug-likeness (QED) is 0.678. The van der Waals surface area contributed by atoms with E-state index in [1.807, 2.05) is 0 Å². The third-order valence-corrected chi connectivity index (χ3v) is 1.83. The van der Waals surface area contributed by atoms with E-state index in [-0.39, 0.29) is 0 Å². The van der Waals surface area contributed by atoms with Gasteiger partial charge in [0.1, 0.15) is 23.5 Å². The van der Waals surface area contributed by atoms with Gasteiger partial charge in [0.15, 0.2) is 0 Å². The van der Waals surface area contributed by atoms with Crippen LogP contribution in [0.4, 0.5) is 11.6 Å². The second kappa shape index (κ2) is 4.59. The van der Waals surface area contributed by atoms with E-state index in [0.717, 1.165) is 0 Å². The van der Waals surface area contributed by atoms with E-state index in [1.165, 1.54) is 0 Å². The number of carbonyl (C=O) groups is 1. The summed E-state index contributed by atoms with van der Waals surface area (Å²) in [6.45, 7) is 3.30. The standard InChI is InChI=1S/C9H14N4O2/c1-5(9(14)15)11-8-4-7(10-3)12-6(2)13-8/h4-5H,1-3H3,(H,14,15)(H2,10,11,12,13). The number of aromatic nitrogens is 2. The third kappa shape index (κ3) is 3.08. The zero-order chi connectivity index (χ0) is 11.4. The Morgan fingerprint density at radius 2 is 2.07 bits per heavy atom. The van der Waals surface area contributed by atoms with E-state index in [1.54, 1.807) is 27.0 Å². The molecule has 0 saturated carbocycles. The summed E-state index contributed by atoms with van der Waals surface area (Å²) in [6, 6.07) is 0.982. The molecule has 0 aliphatic rings. The summed E-state index contributed by atoms with van der Waals surface area (Å²) in [5, 5.41) is 14.4. The molecule has 0 aliphatic heterocycles. The predicted octanol–water partition coefficient (Wildman–Crippen LogP) is 0.712. The number of hydrogen-bond donors (Lipinski definition) is 3. The molecule has 0 fully saturated rings. The maximum Gasteiger partial charge on any atom is 0.325 e. The molecule has 1 rings (SSSR count). The average molecular weight is 210 g/mol. The van der Waals surface area contributed by atoms with Gasteiger partial charge in [-0.15, -0.1) is 0 Å². The van der Waals surface area contributed by atoms with Gasteiger partial charge < -0.3 is 15.7 Å². The molecule has 0 spiro atoms. The Morgan fingerprint density at radius 3 is 2.60 bits per heavy atom. The van der Waals surface area contributed by atoms with Gasteiger partial charge in [-0.2, -0.15) is 0 Å². The first kappa shape index (κ1) is 11.2. The highest BCUT2D eigenvalue weighted by molar-refractivity contribution is 5.76. The Hall–Kier alpha value is -1.85. The van der Waals surface area contributed by atoms with Gasteiger partial charge in [-0.1, -0.05) is 0 Å². The van der Waals surface area contributed by atoms with Gasteiger partial charge >= 0.3 is 5.97 Å². The summed E-state index contributed by atoms with van der Waals surface area (Å²) < 4.78 is 0. The molecule has 1 heterocycles. The molecule has 15 heavy (non-hydrogen) atoms. The van der Waals surface area contributed by atoms with E-state index in [9.17, 15) is 4.79 Å². The first-order valence-electron chi connectivity index (χ1n) is 4.55. The molecule has 82 valence electrons. The van der Waals surface area contributed by atoms with Crippen molar-refractivity contribution in [1.29, 1.82) is 0 Å². The molecule has 0 aromatic carbocycles. The summed E-state index contributed by atoms with van der Waals surface area (Å²) in [4.78, 5) is 18.8. The lowest BCUT2D eigenvalue weighted by molar-refractivity contribution is -0.137. The number of nitrogens with one attached hydrogen (secondary N) is 2. The lowest BCUT2D eigenvalue weighted by Crippen LogP contribution is -2.26. The first-order chi connectivity index (χ1) is 7.02. The lowest BCUT2D eigenvalue weighted by Gasteiger charge is -2.11. The van der Waals surface area contributed by atoms with Crippen molar-refractivity contribution in [2.45, 2.75) is 19.9 Å². The minimum Gasteiger partial charge on any atom is -0.480 e. The normalized spacial score (nSPS) is 11.9. The molecule has 6 nitrogen and oxygen atoms in total. The molecule has 0 saturated heterocycles. The monoisotopic (exact) mass is 210 g/mol. The first-order valence-corrected chi connectivity index (χ1v) is 4.55. The van der Waals surface area contributed by atoms with Crippen LogP contribution >= 0.6 is 0 Å². The molecule has 0 aliphatic carbocycles. The van der Waals surface area contributed by atoms with Crippen molar-refractivity contribution in [3.63, 3.8) is 0 Å². The Balaban J connectivity index is 2.85. The molecular weight excluding hydrogens is 196 g/mol. The van der Waals surface area contributed by atoms with E-state index >= 15 is 0 Å². The molecular formula is C9H14N4O2. The Bertz CT molecular complexity index is 367. The fourth-order valence-corrected chi connectivity index (χ4v) is 1.05. The minimum absolute atomic E-state index is 0.502. The molecule has 1 aromatic rings. The van der Waals surface area contributed by atoms with Gasteiger partial charge in [-0.25, -0.2) is 9.97 Å². The van der Waals surface area contributed by atoms with Crippen molar-refractivity contribution in [2.24, 2.45) is 0 Å². The second-order valence-corrected chi connectivity index (χ2v) is 3.14. The topological polar surface area (TPSA) is 87.1 Å². The van der Waals surface area contributed by atoms with Crippen LogP contribution in [0.15, 0.2) is 6.07 Å². The zero-order valence-corrected chi connectivity index (χ0v) is 8.90. The summed E-state index contributed by atoms with van der Waals surface area (Å²) in [5.41, 5.74) is 0. The van der Waals surface area contributed by atoms with Crippen molar-refractivity contribution in [3.05, 3.63) is 11.9 Å². The number of anilines is 2. The molecule has 3 N–H and O–H groups in total. The van der Waals surface area contributed by atoms with Gasteiger partial charge in [0, 0.05) is 13.1 Å². The summed E-state index contributed by atoms with van der Waals surface area (Å²) >= 11 is 0. The van der Waals surface area contributed by atoms with Gasteiger partial charge in [-0.3, -0.25) is 4.79 Å². The number of hydrogen-bond acceptors (Lipinski definition) is 5. The average Bonchev–Trinajstić information content (AvgIpc) is 2.16. The van der Waals surface area contributed by atoms with E-state index in [4.69, 9.17) is 5.11 Å². The highest BCUT2D eigenvalue weighted by Crippen LogP contribution is 2.11. The molecule has 6 heteroatoms. The SMILES string of the molecule is CNc1cc(NC(C)C(=O)O)nc(C)n1. The van der Waals surface area contributed by atoms with Gasteiger partial charge in [-0.05, 0) is 13.8 Å². The number of rotatable bonds is 4. The smallest absolute Gasteiger partial charge is 0.325 e. The Kier molecular flexibility index (Phi) is 3.43. The lowest BCUT2D eigenvalue weighted by atomic mass is 10.3. The van der Waals surface area contributed by atoms with Crippen LogP contribution < -0.4 is 10.6 Å². The van der Waals surface area contributed by atoms with Crippen LogP contribution in [-0.2, 0) is 4.79 Å². The number of nitrogens with zero attached hydrogens (tertiary/aromatic N) is 2. The highest BCUT2D eigenvalue weighted by Gasteiger charge is 2.11. The zero-order valence-electron chi connectivity index (χ0n) is 8.90. The van der Waals surface area contributed by atoms with Crippen LogP contribution in [0.25, 0.3) is 0 Å². The van der Waals surface area contributed by atoms with Crippen LogP contribution in [0.1, 0.15) is 12.7 Å². The van der Waals surface area contributed by atoms with Crippen LogP contribution in [0.2, 0.25) is 0 Å². The number of carboxylic acid groups (broad SMARTS) is 1. The molecule has 0 bridgehead atoms. The van der Waals surface area contributed by atoms with Crippen LogP contribution in [-0.4, -0.2) is 34.1 Å². The number of carboxylic acids is 1. The maximum atomic E-state index is 10.6. The molecule has 1 unspecified atom stereocenters. The molecule has 1 atom stereocenters. The second-order valence-electron chi connectivity index (χ2n) is 3.14. The van der Waals surface area contributed by atoms with Crippen molar-refractivity contribution in [1.82, 2.24) is 9.97 Å². The Morgan fingerprint density at radius 1 is 1.47 bits per heavy atom. The van der Waals surface area contributed by atoms with Gasteiger partial charge in [0.05, 0.1) is 0 Å². The van der Waals surface area contributed by atoms with Crippen molar-refractivity contribution < 1.29 is 9.90 Å². The summed E-state index contributed by atoms with van der Waals surface area (Å²) in [5.74, 6) is 0.823. The summed E-state index contributed by atoms with van der Waals surface area (Å²) in [6.07, 6.45) is 0. The van der Waals surface area contributed by atoms with Gasteiger partial charge in [0.2, 0.25) is 0 Å². The van der Waals surface area contributed by atoms with Crippen molar-refractivity contribution >= 4 is 17.6 Å². The van der Waals surface area contributed by atoms with Crippen LogP contribution in [0.3, 0.4) is 0 Å². The molecule has 1 aromatic heterocycles. The fraction of sp³-hybridized carbons (Fsp3) is 0.444. The molecule has 0 amide bonds. The fourth-order valence-electron chi connectivity index (χ4n) is 1.05. The maximum absolute atomic E-state index is 10.6. The Labute approximate surface area is 87.8 Å². The molecule has 0 radical (unpaired) electrons. The number of aliphatic carboxylic acids is 1. The van der Waals surface area contributed by atoms with Crippen molar-refractivity contribution in [2.75, 3.05) is 17.7 Å². The van der Waals surface area contributed by atoms with E-state index in [0.29, 0.717) is 17.5 Å². The van der Waals surface area contributed by atoms with E-state index < -0.39 is 12.0 Å². The largest absolute Gasteiger partial charge is 0.480 e. The minimum atomic E-state index is -0.919. The summed E-state index contributed by atoms with van der Waals surface area (Å²) in [7, 11) is 1.74. The number of aryl methyl sites for hydroxylation is 1. The van der Waals surface area contributed by atoms with Crippen LogP contribution in [0, 0.1) is 6.92 Å². The van der Waals surface area contributed by atoms with Crippen LogP contribution in [0.5, 0.6) is 0 Å². The highest BCUT2D eigenvalue weighted by atomic mass is 16.4.